The Bertz CT molecular complexity index is 1280. The molecule has 0 bridgehead atoms. The summed E-state index contributed by atoms with van der Waals surface area (Å²) in [5.74, 6) is -1.69. The second kappa shape index (κ2) is 10.5. The highest BCUT2D eigenvalue weighted by molar-refractivity contribution is 5.77. The SMILES string of the molecule is CC(c1ccc(-c2ccc(F)cc2F)cc1)N1CCC(CCNC(=O)O)(c2ccc(F)cc2)N(C)C1=O. The normalized spacial score (nSPS) is 18.6. The van der Waals surface area contributed by atoms with Gasteiger partial charge in [-0.2, -0.15) is 0 Å². The molecule has 4 rings (SSSR count). The van der Waals surface area contributed by atoms with Crippen LogP contribution in [0.2, 0.25) is 0 Å². The first-order valence-corrected chi connectivity index (χ1v) is 11.9. The molecule has 1 aliphatic rings. The zero-order chi connectivity index (χ0) is 26.7. The Kier molecular flexibility index (Phi) is 7.42. The second-order valence-corrected chi connectivity index (χ2v) is 9.23. The van der Waals surface area contributed by atoms with Gasteiger partial charge in [0, 0.05) is 31.8 Å². The Morgan fingerprint density at radius 2 is 1.68 bits per heavy atom. The highest BCUT2D eigenvalue weighted by Gasteiger charge is 2.45. The number of carbonyl (C=O) groups excluding carboxylic acids is 1. The summed E-state index contributed by atoms with van der Waals surface area (Å²) in [5, 5.41) is 11.4. The van der Waals surface area contributed by atoms with Gasteiger partial charge in [-0.1, -0.05) is 36.4 Å². The van der Waals surface area contributed by atoms with E-state index in [1.54, 1.807) is 41.1 Å². The van der Waals surface area contributed by atoms with Gasteiger partial charge >= 0.3 is 12.1 Å². The van der Waals surface area contributed by atoms with E-state index in [2.05, 4.69) is 5.32 Å². The first-order chi connectivity index (χ1) is 17.6. The predicted molar refractivity (Wildman–Crippen MR) is 133 cm³/mol. The van der Waals surface area contributed by atoms with Crippen molar-refractivity contribution >= 4 is 12.1 Å². The van der Waals surface area contributed by atoms with Crippen LogP contribution in [0.5, 0.6) is 0 Å². The van der Waals surface area contributed by atoms with Gasteiger partial charge in [0.25, 0.3) is 0 Å². The van der Waals surface area contributed by atoms with E-state index in [0.29, 0.717) is 24.9 Å². The molecule has 194 valence electrons. The molecule has 2 unspecified atom stereocenters. The zero-order valence-corrected chi connectivity index (χ0v) is 20.5. The fraction of sp³-hybridized carbons (Fsp3) is 0.286. The Morgan fingerprint density at radius 1 is 1.03 bits per heavy atom. The summed E-state index contributed by atoms with van der Waals surface area (Å²) in [4.78, 5) is 28.0. The third-order valence-corrected chi connectivity index (χ3v) is 7.24. The molecule has 1 fully saturated rings. The van der Waals surface area contributed by atoms with Crippen LogP contribution in [-0.2, 0) is 5.54 Å². The summed E-state index contributed by atoms with van der Waals surface area (Å²) >= 11 is 0. The third kappa shape index (κ3) is 5.26. The van der Waals surface area contributed by atoms with Gasteiger partial charge in [-0.25, -0.2) is 22.8 Å². The van der Waals surface area contributed by atoms with E-state index in [-0.39, 0.29) is 24.2 Å². The van der Waals surface area contributed by atoms with Crippen molar-refractivity contribution in [3.63, 3.8) is 0 Å². The van der Waals surface area contributed by atoms with Crippen molar-refractivity contribution in [1.82, 2.24) is 15.1 Å². The molecule has 0 aromatic heterocycles. The van der Waals surface area contributed by atoms with E-state index in [1.165, 1.54) is 24.3 Å². The van der Waals surface area contributed by atoms with Crippen LogP contribution in [0.4, 0.5) is 22.8 Å². The van der Waals surface area contributed by atoms with Gasteiger partial charge in [0.2, 0.25) is 0 Å². The van der Waals surface area contributed by atoms with Gasteiger partial charge in [0.15, 0.2) is 0 Å². The number of rotatable bonds is 7. The van der Waals surface area contributed by atoms with Crippen molar-refractivity contribution in [2.75, 3.05) is 20.1 Å². The summed E-state index contributed by atoms with van der Waals surface area (Å²) in [7, 11) is 1.67. The quantitative estimate of drug-likeness (QED) is 0.400. The van der Waals surface area contributed by atoms with Crippen LogP contribution in [0.3, 0.4) is 0 Å². The number of carboxylic acid groups (broad SMARTS) is 1. The number of halogens is 3. The fourth-order valence-electron chi connectivity index (χ4n) is 5.06. The van der Waals surface area contributed by atoms with Gasteiger partial charge in [0.1, 0.15) is 17.5 Å². The van der Waals surface area contributed by atoms with Crippen molar-refractivity contribution in [3.8, 4) is 11.1 Å². The van der Waals surface area contributed by atoms with Crippen LogP contribution in [-0.4, -0.2) is 47.2 Å². The van der Waals surface area contributed by atoms with E-state index >= 15 is 0 Å². The summed E-state index contributed by atoms with van der Waals surface area (Å²) in [6.45, 7) is 2.42. The molecule has 9 heteroatoms. The maximum Gasteiger partial charge on any atom is 0.404 e. The Balaban J connectivity index is 1.56. The lowest BCUT2D eigenvalue weighted by Crippen LogP contribution is -2.59. The van der Waals surface area contributed by atoms with Gasteiger partial charge in [0.05, 0.1) is 11.6 Å². The van der Waals surface area contributed by atoms with Crippen LogP contribution in [0, 0.1) is 17.5 Å². The Hall–Kier alpha value is -4.01. The molecule has 2 N–H and O–H groups in total. The second-order valence-electron chi connectivity index (χ2n) is 9.23. The van der Waals surface area contributed by atoms with Crippen molar-refractivity contribution in [2.24, 2.45) is 0 Å². The maximum absolute atomic E-state index is 14.2. The smallest absolute Gasteiger partial charge is 0.404 e. The van der Waals surface area contributed by atoms with E-state index in [9.17, 15) is 22.8 Å². The minimum atomic E-state index is -1.15. The summed E-state index contributed by atoms with van der Waals surface area (Å²) < 4.78 is 41.1. The first-order valence-electron chi connectivity index (χ1n) is 11.9. The van der Waals surface area contributed by atoms with Crippen molar-refractivity contribution < 1.29 is 27.9 Å². The average Bonchev–Trinajstić information content (AvgIpc) is 2.87. The monoisotopic (exact) mass is 511 g/mol. The molecule has 3 amide bonds. The lowest BCUT2D eigenvalue weighted by Gasteiger charge is -2.50. The minimum Gasteiger partial charge on any atom is -0.465 e. The zero-order valence-electron chi connectivity index (χ0n) is 20.5. The highest BCUT2D eigenvalue weighted by atomic mass is 19.1. The van der Waals surface area contributed by atoms with E-state index in [1.807, 2.05) is 19.1 Å². The summed E-state index contributed by atoms with van der Waals surface area (Å²) in [6.07, 6.45) is -0.322. The molecule has 3 aromatic rings. The summed E-state index contributed by atoms with van der Waals surface area (Å²) in [5.41, 5.74) is 1.64. The first kappa shape index (κ1) is 26.1. The Morgan fingerprint density at radius 3 is 2.30 bits per heavy atom. The largest absolute Gasteiger partial charge is 0.465 e. The molecule has 6 nitrogen and oxygen atoms in total. The molecule has 37 heavy (non-hydrogen) atoms. The Labute approximate surface area is 213 Å². The molecule has 0 aliphatic carbocycles. The van der Waals surface area contributed by atoms with E-state index < -0.39 is 29.1 Å². The van der Waals surface area contributed by atoms with Crippen molar-refractivity contribution in [1.29, 1.82) is 0 Å². The third-order valence-electron chi connectivity index (χ3n) is 7.24. The van der Waals surface area contributed by atoms with Crippen LogP contribution < -0.4 is 5.32 Å². The fourth-order valence-corrected chi connectivity index (χ4v) is 5.06. The number of hydrogen-bond donors (Lipinski definition) is 2. The number of benzene rings is 3. The number of carbonyl (C=O) groups is 2. The molecular weight excluding hydrogens is 483 g/mol. The van der Waals surface area contributed by atoms with Gasteiger partial charge in [-0.15, -0.1) is 0 Å². The van der Waals surface area contributed by atoms with E-state index in [4.69, 9.17) is 5.11 Å². The molecule has 0 saturated carbocycles. The number of urea groups is 1. The predicted octanol–water partition coefficient (Wildman–Crippen LogP) is 6.14. The molecule has 1 aliphatic heterocycles. The lowest BCUT2D eigenvalue weighted by molar-refractivity contribution is 0.0362. The average molecular weight is 512 g/mol. The molecule has 1 saturated heterocycles. The number of nitrogens with one attached hydrogen (secondary N) is 1. The van der Waals surface area contributed by atoms with E-state index in [0.717, 1.165) is 17.2 Å². The molecular formula is C28H28F3N3O3. The summed E-state index contributed by atoms with van der Waals surface area (Å²) in [6, 6.07) is 15.9. The number of nitrogens with zero attached hydrogens (tertiary/aromatic N) is 2. The number of hydrogen-bond acceptors (Lipinski definition) is 2. The van der Waals surface area contributed by atoms with Crippen LogP contribution >= 0.6 is 0 Å². The van der Waals surface area contributed by atoms with Crippen LogP contribution in [0.15, 0.2) is 66.7 Å². The highest BCUT2D eigenvalue weighted by Crippen LogP contribution is 2.41. The van der Waals surface area contributed by atoms with Crippen molar-refractivity contribution in [2.45, 2.75) is 31.3 Å². The molecule has 3 aromatic carbocycles. The minimum absolute atomic E-state index is 0.126. The maximum atomic E-state index is 14.2. The van der Waals surface area contributed by atoms with Crippen molar-refractivity contribution in [3.05, 3.63) is 95.3 Å². The molecule has 2 atom stereocenters. The van der Waals surface area contributed by atoms with Gasteiger partial charge < -0.3 is 20.2 Å². The number of amides is 3. The van der Waals surface area contributed by atoms with Crippen LogP contribution in [0.25, 0.3) is 11.1 Å². The molecule has 0 radical (unpaired) electrons. The molecule has 1 heterocycles. The lowest BCUT2D eigenvalue weighted by atomic mass is 9.80. The van der Waals surface area contributed by atoms with Gasteiger partial charge in [-0.05, 0) is 60.7 Å². The van der Waals surface area contributed by atoms with Gasteiger partial charge in [-0.3, -0.25) is 0 Å². The molecule has 0 spiro atoms. The van der Waals surface area contributed by atoms with Crippen LogP contribution in [0.1, 0.15) is 36.9 Å². The topological polar surface area (TPSA) is 72.9 Å². The standard InChI is InChI=1S/C28H28F3N3O3/c1-18(19-3-5-20(6-4-19)24-12-11-23(30)17-25(24)31)34-16-14-28(33(2)27(34)37,13-15-32-26(35)36)21-7-9-22(29)10-8-21/h3-12,17-18,32H,13-16H2,1-2H3,(H,35,36).